The van der Waals surface area contributed by atoms with Crippen LogP contribution in [0.25, 0.3) is 0 Å². The molecule has 1 aromatic rings. The SMILES string of the molecule is CCC(C)(C)CNS(=O)(=O)c1ccccc1C(=O)OC. The third kappa shape index (κ3) is 4.05. The van der Waals surface area contributed by atoms with Crippen LogP contribution in [0.4, 0.5) is 0 Å². The van der Waals surface area contributed by atoms with Crippen molar-refractivity contribution in [2.75, 3.05) is 13.7 Å². The van der Waals surface area contributed by atoms with Crippen LogP contribution in [-0.4, -0.2) is 28.0 Å². The van der Waals surface area contributed by atoms with Crippen molar-refractivity contribution in [1.29, 1.82) is 0 Å². The van der Waals surface area contributed by atoms with E-state index in [0.717, 1.165) is 6.42 Å². The highest BCUT2D eigenvalue weighted by Gasteiger charge is 2.25. The monoisotopic (exact) mass is 299 g/mol. The minimum atomic E-state index is -3.74. The van der Waals surface area contributed by atoms with Gasteiger partial charge in [0.05, 0.1) is 17.6 Å². The Bertz CT molecular complexity index is 579. The van der Waals surface area contributed by atoms with Gasteiger partial charge in [-0.1, -0.05) is 32.9 Å². The van der Waals surface area contributed by atoms with Crippen LogP contribution in [0, 0.1) is 5.41 Å². The molecule has 6 heteroatoms. The van der Waals surface area contributed by atoms with E-state index < -0.39 is 16.0 Å². The third-order valence-electron chi connectivity index (χ3n) is 3.28. The highest BCUT2D eigenvalue weighted by molar-refractivity contribution is 7.89. The average Bonchev–Trinajstić information content (AvgIpc) is 2.44. The highest BCUT2D eigenvalue weighted by atomic mass is 32.2. The van der Waals surface area contributed by atoms with Gasteiger partial charge in [0, 0.05) is 6.54 Å². The molecule has 0 amide bonds. The number of ether oxygens (including phenoxy) is 1. The highest BCUT2D eigenvalue weighted by Crippen LogP contribution is 2.21. The van der Waals surface area contributed by atoms with Crippen LogP contribution in [0.5, 0.6) is 0 Å². The first-order chi connectivity index (χ1) is 9.23. The number of hydrogen-bond acceptors (Lipinski definition) is 4. The Morgan fingerprint density at radius 2 is 1.90 bits per heavy atom. The quantitative estimate of drug-likeness (QED) is 0.817. The second-order valence-electron chi connectivity index (χ2n) is 5.33. The normalized spacial score (nSPS) is 12.2. The third-order valence-corrected chi connectivity index (χ3v) is 4.74. The van der Waals surface area contributed by atoms with Crippen LogP contribution in [0.2, 0.25) is 0 Å². The van der Waals surface area contributed by atoms with Gasteiger partial charge in [-0.15, -0.1) is 0 Å². The summed E-state index contributed by atoms with van der Waals surface area (Å²) in [4.78, 5) is 11.6. The maximum absolute atomic E-state index is 12.3. The Labute approximate surface area is 120 Å². The zero-order chi connectivity index (χ0) is 15.4. The van der Waals surface area contributed by atoms with Crippen molar-refractivity contribution in [2.24, 2.45) is 5.41 Å². The summed E-state index contributed by atoms with van der Waals surface area (Å²) in [6.07, 6.45) is 0.841. The second kappa shape index (κ2) is 6.37. The molecule has 0 radical (unpaired) electrons. The zero-order valence-corrected chi connectivity index (χ0v) is 13.1. The van der Waals surface area contributed by atoms with Gasteiger partial charge < -0.3 is 4.74 Å². The molecule has 0 saturated carbocycles. The van der Waals surface area contributed by atoms with E-state index in [2.05, 4.69) is 9.46 Å². The number of hydrogen-bond donors (Lipinski definition) is 1. The maximum atomic E-state index is 12.3. The van der Waals surface area contributed by atoms with Gasteiger partial charge in [0.15, 0.2) is 0 Å². The number of esters is 1. The number of nitrogens with one attached hydrogen (secondary N) is 1. The smallest absolute Gasteiger partial charge is 0.339 e. The summed E-state index contributed by atoms with van der Waals surface area (Å²) in [6.45, 7) is 6.25. The van der Waals surface area contributed by atoms with E-state index in [1.54, 1.807) is 12.1 Å². The van der Waals surface area contributed by atoms with Crippen LogP contribution in [-0.2, 0) is 14.8 Å². The maximum Gasteiger partial charge on any atom is 0.339 e. The molecule has 112 valence electrons. The van der Waals surface area contributed by atoms with Gasteiger partial charge in [0.2, 0.25) is 10.0 Å². The molecule has 1 rings (SSSR count). The number of sulfonamides is 1. The zero-order valence-electron chi connectivity index (χ0n) is 12.3. The molecular weight excluding hydrogens is 278 g/mol. The van der Waals surface area contributed by atoms with E-state index in [9.17, 15) is 13.2 Å². The predicted octanol–water partition coefficient (Wildman–Crippen LogP) is 2.19. The standard InChI is InChI=1S/C14H21NO4S/c1-5-14(2,3)10-15-20(17,18)12-9-7-6-8-11(12)13(16)19-4/h6-9,15H,5,10H2,1-4H3. The fourth-order valence-electron chi connectivity index (χ4n) is 1.47. The van der Waals surface area contributed by atoms with E-state index in [-0.39, 0.29) is 15.9 Å². The number of methoxy groups -OCH3 is 1. The van der Waals surface area contributed by atoms with Crippen molar-refractivity contribution < 1.29 is 17.9 Å². The molecule has 0 heterocycles. The Morgan fingerprint density at radius 3 is 2.45 bits per heavy atom. The van der Waals surface area contributed by atoms with Crippen molar-refractivity contribution in [1.82, 2.24) is 4.72 Å². The predicted molar refractivity (Wildman–Crippen MR) is 77.0 cm³/mol. The number of carbonyl (C=O) groups is 1. The molecule has 5 nitrogen and oxygen atoms in total. The second-order valence-corrected chi connectivity index (χ2v) is 7.07. The lowest BCUT2D eigenvalue weighted by atomic mass is 9.91. The summed E-state index contributed by atoms with van der Waals surface area (Å²) in [5, 5.41) is 0. The summed E-state index contributed by atoms with van der Waals surface area (Å²) in [5.41, 5.74) is -0.107. The minimum Gasteiger partial charge on any atom is -0.465 e. The molecule has 0 aromatic heterocycles. The Morgan fingerprint density at radius 1 is 1.30 bits per heavy atom. The molecule has 0 unspecified atom stereocenters. The lowest BCUT2D eigenvalue weighted by Gasteiger charge is -2.23. The molecule has 0 fully saturated rings. The topological polar surface area (TPSA) is 72.5 Å². The van der Waals surface area contributed by atoms with Gasteiger partial charge in [-0.05, 0) is 24.0 Å². The van der Waals surface area contributed by atoms with Gasteiger partial charge in [-0.25, -0.2) is 17.9 Å². The van der Waals surface area contributed by atoms with Crippen molar-refractivity contribution in [2.45, 2.75) is 32.1 Å². The van der Waals surface area contributed by atoms with Gasteiger partial charge >= 0.3 is 5.97 Å². The van der Waals surface area contributed by atoms with Crippen molar-refractivity contribution in [3.8, 4) is 0 Å². The van der Waals surface area contributed by atoms with Gasteiger partial charge in [0.25, 0.3) is 0 Å². The summed E-state index contributed by atoms with van der Waals surface area (Å²) in [7, 11) is -2.52. The number of benzene rings is 1. The Kier molecular flexibility index (Phi) is 5.30. The van der Waals surface area contributed by atoms with E-state index in [1.165, 1.54) is 19.2 Å². The van der Waals surface area contributed by atoms with Crippen molar-refractivity contribution in [3.63, 3.8) is 0 Å². The van der Waals surface area contributed by atoms with Crippen LogP contribution < -0.4 is 4.72 Å². The van der Waals surface area contributed by atoms with E-state index in [4.69, 9.17) is 0 Å². The molecule has 1 N–H and O–H groups in total. The molecular formula is C14H21NO4S. The summed E-state index contributed by atoms with van der Waals surface area (Å²) in [6, 6.07) is 6.01. The van der Waals surface area contributed by atoms with Gasteiger partial charge in [-0.2, -0.15) is 0 Å². The summed E-state index contributed by atoms with van der Waals surface area (Å²) in [5.74, 6) is -0.666. The fourth-order valence-corrected chi connectivity index (χ4v) is 2.91. The van der Waals surface area contributed by atoms with E-state index in [1.807, 2.05) is 20.8 Å². The molecule has 0 atom stereocenters. The lowest BCUT2D eigenvalue weighted by Crippen LogP contribution is -2.34. The average molecular weight is 299 g/mol. The van der Waals surface area contributed by atoms with E-state index >= 15 is 0 Å². The summed E-state index contributed by atoms with van der Waals surface area (Å²) < 4.78 is 31.8. The van der Waals surface area contributed by atoms with Crippen molar-refractivity contribution in [3.05, 3.63) is 29.8 Å². The number of carbonyl (C=O) groups excluding carboxylic acids is 1. The largest absolute Gasteiger partial charge is 0.465 e. The molecule has 1 aromatic carbocycles. The van der Waals surface area contributed by atoms with Crippen LogP contribution in [0.15, 0.2) is 29.2 Å². The molecule has 20 heavy (non-hydrogen) atoms. The molecule has 0 bridgehead atoms. The first kappa shape index (κ1) is 16.7. The van der Waals surface area contributed by atoms with Crippen LogP contribution in [0.1, 0.15) is 37.6 Å². The first-order valence-corrected chi connectivity index (χ1v) is 7.89. The van der Waals surface area contributed by atoms with Crippen LogP contribution >= 0.6 is 0 Å². The molecule has 0 saturated heterocycles. The van der Waals surface area contributed by atoms with Gasteiger partial charge in [-0.3, -0.25) is 0 Å². The minimum absolute atomic E-state index is 0.0387. The molecule has 0 spiro atoms. The molecule has 0 aliphatic carbocycles. The number of rotatable bonds is 6. The Hall–Kier alpha value is -1.40. The molecule has 0 aliphatic heterocycles. The summed E-state index contributed by atoms with van der Waals surface area (Å²) >= 11 is 0. The first-order valence-electron chi connectivity index (χ1n) is 6.40. The van der Waals surface area contributed by atoms with Crippen LogP contribution in [0.3, 0.4) is 0 Å². The Balaban J connectivity index is 3.08. The van der Waals surface area contributed by atoms with Gasteiger partial charge in [0.1, 0.15) is 0 Å². The fraction of sp³-hybridized carbons (Fsp3) is 0.500. The van der Waals surface area contributed by atoms with Crippen molar-refractivity contribution >= 4 is 16.0 Å². The lowest BCUT2D eigenvalue weighted by molar-refractivity contribution is 0.0596. The molecule has 0 aliphatic rings. The van der Waals surface area contributed by atoms with E-state index in [0.29, 0.717) is 6.54 Å².